The van der Waals surface area contributed by atoms with Crippen molar-refractivity contribution in [1.82, 2.24) is 9.78 Å². The van der Waals surface area contributed by atoms with Crippen molar-refractivity contribution in [3.63, 3.8) is 0 Å². The van der Waals surface area contributed by atoms with Gasteiger partial charge in [-0.2, -0.15) is 14.9 Å². The van der Waals surface area contributed by atoms with Gasteiger partial charge in [0, 0.05) is 0 Å². The Morgan fingerprint density at radius 3 is 2.22 bits per heavy atom. The van der Waals surface area contributed by atoms with Gasteiger partial charge in [0.1, 0.15) is 22.2 Å². The number of aromatic nitrogens is 2. The zero-order valence-corrected chi connectivity index (χ0v) is 15.5. The molecule has 0 amide bonds. The van der Waals surface area contributed by atoms with Crippen molar-refractivity contribution in [1.29, 1.82) is 0 Å². The molecule has 0 spiro atoms. The maximum absolute atomic E-state index is 12.5. The van der Waals surface area contributed by atoms with Crippen molar-refractivity contribution < 1.29 is 9.47 Å². The molecule has 7 nitrogen and oxygen atoms in total. The maximum Gasteiger partial charge on any atom is 0.292 e. The van der Waals surface area contributed by atoms with Gasteiger partial charge in [-0.3, -0.25) is 10.2 Å². The first kappa shape index (κ1) is 18.5. The topological polar surface area (TPSA) is 77.7 Å². The summed E-state index contributed by atoms with van der Waals surface area (Å²) >= 11 is 6.18. The molecule has 0 saturated heterocycles. The number of hydrogen-bond acceptors (Lipinski definition) is 6. The van der Waals surface area contributed by atoms with Gasteiger partial charge in [0.15, 0.2) is 0 Å². The van der Waals surface area contributed by atoms with Crippen molar-refractivity contribution in [3.8, 4) is 17.2 Å². The standard InChI is InChI=1S/C19H17ClN4O3/c1-26-15-7-3-13(4-8-15)11-21-23-17-12-22-24(19(25)18(17)20)14-5-9-16(27-2)10-6-14/h3-12,23H,1-2H3/b21-11-. The lowest BCUT2D eigenvalue weighted by molar-refractivity contribution is 0.414. The Morgan fingerprint density at radius 1 is 1.04 bits per heavy atom. The molecular weight excluding hydrogens is 368 g/mol. The van der Waals surface area contributed by atoms with E-state index < -0.39 is 5.56 Å². The van der Waals surface area contributed by atoms with E-state index in [2.05, 4.69) is 15.6 Å². The monoisotopic (exact) mass is 384 g/mol. The lowest BCUT2D eigenvalue weighted by Crippen LogP contribution is -2.22. The average Bonchev–Trinajstić information content (AvgIpc) is 2.72. The first-order valence-corrected chi connectivity index (χ1v) is 8.35. The van der Waals surface area contributed by atoms with Crippen LogP contribution in [0.5, 0.6) is 11.5 Å². The third-order valence-electron chi connectivity index (χ3n) is 3.75. The van der Waals surface area contributed by atoms with Crippen LogP contribution in [-0.2, 0) is 0 Å². The van der Waals surface area contributed by atoms with E-state index in [-0.39, 0.29) is 5.02 Å². The number of hydrogen-bond donors (Lipinski definition) is 1. The molecule has 27 heavy (non-hydrogen) atoms. The van der Waals surface area contributed by atoms with Crippen molar-refractivity contribution in [3.05, 3.63) is 75.7 Å². The van der Waals surface area contributed by atoms with E-state index in [4.69, 9.17) is 21.1 Å². The highest BCUT2D eigenvalue weighted by molar-refractivity contribution is 6.32. The summed E-state index contributed by atoms with van der Waals surface area (Å²) in [4.78, 5) is 12.5. The summed E-state index contributed by atoms with van der Waals surface area (Å²) in [6.07, 6.45) is 3.05. The second-order valence-electron chi connectivity index (χ2n) is 5.43. The molecule has 8 heteroatoms. The normalized spacial score (nSPS) is 10.8. The smallest absolute Gasteiger partial charge is 0.292 e. The van der Waals surface area contributed by atoms with Crippen LogP contribution in [0.4, 0.5) is 5.69 Å². The number of hydrazone groups is 1. The molecule has 1 heterocycles. The quantitative estimate of drug-likeness (QED) is 0.521. The summed E-state index contributed by atoms with van der Waals surface area (Å²) in [6, 6.07) is 14.3. The van der Waals surface area contributed by atoms with Gasteiger partial charge in [0.05, 0.1) is 32.3 Å². The average molecular weight is 385 g/mol. The Hall–Kier alpha value is -3.32. The Morgan fingerprint density at radius 2 is 1.63 bits per heavy atom. The molecule has 2 aromatic carbocycles. The van der Waals surface area contributed by atoms with Gasteiger partial charge >= 0.3 is 0 Å². The van der Waals surface area contributed by atoms with Gasteiger partial charge in [0.25, 0.3) is 5.56 Å². The number of nitrogens with zero attached hydrogens (tertiary/aromatic N) is 3. The number of benzene rings is 2. The first-order chi connectivity index (χ1) is 13.1. The van der Waals surface area contributed by atoms with Crippen LogP contribution in [0.15, 0.2) is 64.6 Å². The zero-order valence-electron chi connectivity index (χ0n) is 14.7. The predicted octanol–water partition coefficient (Wildman–Crippen LogP) is 3.35. The minimum Gasteiger partial charge on any atom is -0.497 e. The third-order valence-corrected chi connectivity index (χ3v) is 4.12. The number of halogens is 1. The summed E-state index contributed by atoms with van der Waals surface area (Å²) in [5, 5.41) is 8.22. The lowest BCUT2D eigenvalue weighted by Gasteiger charge is -2.08. The van der Waals surface area contributed by atoms with Crippen LogP contribution in [0.1, 0.15) is 5.56 Å². The molecule has 0 fully saturated rings. The Kier molecular flexibility index (Phi) is 5.73. The molecule has 3 rings (SSSR count). The predicted molar refractivity (Wildman–Crippen MR) is 106 cm³/mol. The second kappa shape index (κ2) is 8.37. The molecule has 0 aliphatic carbocycles. The fourth-order valence-corrected chi connectivity index (χ4v) is 2.46. The van der Waals surface area contributed by atoms with E-state index in [1.165, 1.54) is 10.9 Å². The van der Waals surface area contributed by atoms with Crippen LogP contribution in [-0.4, -0.2) is 30.2 Å². The van der Waals surface area contributed by atoms with Crippen molar-refractivity contribution in [2.45, 2.75) is 0 Å². The van der Waals surface area contributed by atoms with Crippen molar-refractivity contribution in [2.75, 3.05) is 19.6 Å². The van der Waals surface area contributed by atoms with Gasteiger partial charge in [-0.1, -0.05) is 11.6 Å². The van der Waals surface area contributed by atoms with Crippen LogP contribution in [0.2, 0.25) is 5.02 Å². The Bertz CT molecular complexity index is 999. The summed E-state index contributed by atoms with van der Waals surface area (Å²) in [5.74, 6) is 1.44. The minimum absolute atomic E-state index is 0.00676. The molecule has 138 valence electrons. The van der Waals surface area contributed by atoms with Crippen LogP contribution >= 0.6 is 11.6 Å². The van der Waals surface area contributed by atoms with E-state index in [0.717, 1.165) is 11.3 Å². The van der Waals surface area contributed by atoms with Gasteiger partial charge in [0.2, 0.25) is 0 Å². The van der Waals surface area contributed by atoms with E-state index in [9.17, 15) is 4.79 Å². The molecule has 1 aromatic heterocycles. The molecule has 0 unspecified atom stereocenters. The number of ether oxygens (including phenoxy) is 2. The SMILES string of the molecule is COc1ccc(/C=N\Nc2cnn(-c3ccc(OC)cc3)c(=O)c2Cl)cc1. The number of methoxy groups -OCH3 is 2. The largest absolute Gasteiger partial charge is 0.497 e. The molecule has 0 aliphatic rings. The first-order valence-electron chi connectivity index (χ1n) is 7.98. The van der Waals surface area contributed by atoms with Crippen LogP contribution in [0, 0.1) is 0 Å². The molecular formula is C19H17ClN4O3. The van der Waals surface area contributed by atoms with Gasteiger partial charge in [-0.25, -0.2) is 0 Å². The lowest BCUT2D eigenvalue weighted by atomic mass is 10.2. The van der Waals surface area contributed by atoms with Crippen molar-refractivity contribution in [2.24, 2.45) is 5.10 Å². The molecule has 0 aliphatic heterocycles. The van der Waals surface area contributed by atoms with Gasteiger partial charge in [-0.15, -0.1) is 0 Å². The second-order valence-corrected chi connectivity index (χ2v) is 5.81. The molecule has 0 radical (unpaired) electrons. The highest BCUT2D eigenvalue weighted by Crippen LogP contribution is 2.18. The molecule has 0 saturated carbocycles. The van der Waals surface area contributed by atoms with Crippen LogP contribution in [0.3, 0.4) is 0 Å². The van der Waals surface area contributed by atoms with Crippen LogP contribution < -0.4 is 20.5 Å². The van der Waals surface area contributed by atoms with Crippen molar-refractivity contribution >= 4 is 23.5 Å². The third kappa shape index (κ3) is 4.27. The summed E-state index contributed by atoms with van der Waals surface area (Å²) in [5.41, 5.74) is 4.04. The summed E-state index contributed by atoms with van der Waals surface area (Å²) in [6.45, 7) is 0. The van der Waals surface area contributed by atoms with E-state index in [0.29, 0.717) is 17.1 Å². The number of nitrogens with one attached hydrogen (secondary N) is 1. The highest BCUT2D eigenvalue weighted by Gasteiger charge is 2.10. The van der Waals surface area contributed by atoms with Crippen LogP contribution in [0.25, 0.3) is 5.69 Å². The highest BCUT2D eigenvalue weighted by atomic mass is 35.5. The zero-order chi connectivity index (χ0) is 19.2. The maximum atomic E-state index is 12.5. The Balaban J connectivity index is 1.77. The fraction of sp³-hybridized carbons (Fsp3) is 0.105. The number of anilines is 1. The van der Waals surface area contributed by atoms with Gasteiger partial charge < -0.3 is 9.47 Å². The van der Waals surface area contributed by atoms with Gasteiger partial charge in [-0.05, 0) is 54.1 Å². The molecule has 3 aromatic rings. The molecule has 0 atom stereocenters. The van der Waals surface area contributed by atoms with E-state index in [1.807, 2.05) is 24.3 Å². The molecule has 1 N–H and O–H groups in total. The summed E-state index contributed by atoms with van der Waals surface area (Å²) in [7, 11) is 3.18. The summed E-state index contributed by atoms with van der Waals surface area (Å²) < 4.78 is 11.4. The minimum atomic E-state index is -0.452. The molecule has 0 bridgehead atoms. The Labute approximate surface area is 160 Å². The van der Waals surface area contributed by atoms with E-state index >= 15 is 0 Å². The van der Waals surface area contributed by atoms with E-state index in [1.54, 1.807) is 44.7 Å². The number of rotatable bonds is 6. The fourth-order valence-electron chi connectivity index (χ4n) is 2.28.